The van der Waals surface area contributed by atoms with Crippen LogP contribution in [0.25, 0.3) is 11.1 Å². The number of rotatable bonds is 3. The van der Waals surface area contributed by atoms with Gasteiger partial charge in [0.25, 0.3) is 0 Å². The van der Waals surface area contributed by atoms with Crippen LogP contribution in [0, 0.1) is 0 Å². The highest BCUT2D eigenvalue weighted by atomic mass is 16.5. The van der Waals surface area contributed by atoms with Gasteiger partial charge in [0.15, 0.2) is 0 Å². The van der Waals surface area contributed by atoms with E-state index in [9.17, 15) is 4.79 Å². The van der Waals surface area contributed by atoms with Crippen molar-refractivity contribution >= 4 is 5.91 Å². The number of nitrogens with two attached hydrogens (primary N) is 1. The lowest BCUT2D eigenvalue weighted by Crippen LogP contribution is -2.12. The Balaban J connectivity index is 2.69. The van der Waals surface area contributed by atoms with Crippen molar-refractivity contribution in [2.45, 2.75) is 0 Å². The van der Waals surface area contributed by atoms with Gasteiger partial charge in [0.1, 0.15) is 5.75 Å². The molecular weight excluding hydrogens is 216 g/mol. The zero-order valence-corrected chi connectivity index (χ0v) is 9.38. The second-order valence-corrected chi connectivity index (χ2v) is 3.49. The van der Waals surface area contributed by atoms with E-state index >= 15 is 0 Å². The van der Waals surface area contributed by atoms with Gasteiger partial charge < -0.3 is 10.5 Å². The number of carbonyl (C=O) groups excluding carboxylic acids is 1. The van der Waals surface area contributed by atoms with Crippen LogP contribution in [0.1, 0.15) is 10.4 Å². The molecule has 2 aromatic rings. The van der Waals surface area contributed by atoms with Crippen molar-refractivity contribution in [3.05, 3.63) is 48.3 Å². The minimum absolute atomic E-state index is 0.428. The third-order valence-electron chi connectivity index (χ3n) is 2.46. The highest BCUT2D eigenvalue weighted by Gasteiger charge is 2.14. The molecule has 0 aliphatic carbocycles. The standard InChI is InChI=1S/C13H12N2O2/c1-17-11-6-2-5-10(13(14)16)12(11)9-4-3-7-15-8-9/h2-8H,1H3,(H2,14,16). The Morgan fingerprint density at radius 1 is 1.29 bits per heavy atom. The maximum absolute atomic E-state index is 11.4. The molecule has 2 rings (SSSR count). The monoisotopic (exact) mass is 228 g/mol. The quantitative estimate of drug-likeness (QED) is 0.871. The fourth-order valence-electron chi connectivity index (χ4n) is 1.71. The van der Waals surface area contributed by atoms with Crippen LogP contribution < -0.4 is 10.5 Å². The van der Waals surface area contributed by atoms with E-state index < -0.39 is 5.91 Å². The van der Waals surface area contributed by atoms with Gasteiger partial charge in [-0.2, -0.15) is 0 Å². The largest absolute Gasteiger partial charge is 0.496 e. The summed E-state index contributed by atoms with van der Waals surface area (Å²) in [4.78, 5) is 15.4. The summed E-state index contributed by atoms with van der Waals surface area (Å²) in [5, 5.41) is 0. The number of nitrogens with zero attached hydrogens (tertiary/aromatic N) is 1. The van der Waals surface area contributed by atoms with Crippen LogP contribution in [0.4, 0.5) is 0 Å². The predicted octanol–water partition coefficient (Wildman–Crippen LogP) is 1.86. The lowest BCUT2D eigenvalue weighted by molar-refractivity contribution is 0.100. The molecule has 0 aliphatic rings. The van der Waals surface area contributed by atoms with E-state index in [0.29, 0.717) is 16.9 Å². The number of methoxy groups -OCH3 is 1. The van der Waals surface area contributed by atoms with Gasteiger partial charge in [0, 0.05) is 23.5 Å². The van der Waals surface area contributed by atoms with Crippen LogP contribution in [0.3, 0.4) is 0 Å². The number of pyridine rings is 1. The van der Waals surface area contributed by atoms with Crippen molar-refractivity contribution in [2.75, 3.05) is 7.11 Å². The molecule has 0 unspecified atom stereocenters. The van der Waals surface area contributed by atoms with Gasteiger partial charge in [-0.05, 0) is 18.2 Å². The topological polar surface area (TPSA) is 65.2 Å². The average Bonchev–Trinajstić information content (AvgIpc) is 2.38. The number of ether oxygens (including phenoxy) is 1. The smallest absolute Gasteiger partial charge is 0.249 e. The first-order valence-corrected chi connectivity index (χ1v) is 5.11. The number of hydrogen-bond donors (Lipinski definition) is 1. The third-order valence-corrected chi connectivity index (χ3v) is 2.46. The van der Waals surface area contributed by atoms with Gasteiger partial charge in [0.05, 0.1) is 12.7 Å². The summed E-state index contributed by atoms with van der Waals surface area (Å²) in [6, 6.07) is 8.85. The van der Waals surface area contributed by atoms with Gasteiger partial charge in [-0.15, -0.1) is 0 Å². The lowest BCUT2D eigenvalue weighted by atomic mass is 9.99. The third kappa shape index (κ3) is 2.10. The highest BCUT2D eigenvalue weighted by Crippen LogP contribution is 2.32. The van der Waals surface area contributed by atoms with Gasteiger partial charge in [-0.3, -0.25) is 9.78 Å². The molecule has 1 heterocycles. The first-order chi connectivity index (χ1) is 8.24. The van der Waals surface area contributed by atoms with Crippen molar-refractivity contribution in [1.29, 1.82) is 0 Å². The Morgan fingerprint density at radius 2 is 2.12 bits per heavy atom. The molecule has 0 saturated carbocycles. The van der Waals surface area contributed by atoms with Crippen molar-refractivity contribution in [1.82, 2.24) is 4.98 Å². The molecule has 4 nitrogen and oxygen atoms in total. The molecule has 0 aliphatic heterocycles. The van der Waals surface area contributed by atoms with Gasteiger partial charge >= 0.3 is 0 Å². The summed E-state index contributed by atoms with van der Waals surface area (Å²) in [5.74, 6) is 0.122. The second-order valence-electron chi connectivity index (χ2n) is 3.49. The molecule has 1 aromatic carbocycles. The molecule has 0 saturated heterocycles. The van der Waals surface area contributed by atoms with E-state index in [2.05, 4.69) is 4.98 Å². The molecule has 4 heteroatoms. The van der Waals surface area contributed by atoms with Crippen molar-refractivity contribution in [3.8, 4) is 16.9 Å². The fraction of sp³-hybridized carbons (Fsp3) is 0.0769. The minimum Gasteiger partial charge on any atom is -0.496 e. The number of aromatic nitrogens is 1. The molecule has 0 fully saturated rings. The van der Waals surface area contributed by atoms with E-state index in [-0.39, 0.29) is 0 Å². The van der Waals surface area contributed by atoms with Crippen LogP contribution in [0.15, 0.2) is 42.7 Å². The fourth-order valence-corrected chi connectivity index (χ4v) is 1.71. The SMILES string of the molecule is COc1cccc(C(N)=O)c1-c1cccnc1. The normalized spacial score (nSPS) is 9.94. The number of benzene rings is 1. The molecular formula is C13H12N2O2. The summed E-state index contributed by atoms with van der Waals surface area (Å²) >= 11 is 0. The number of primary amides is 1. The summed E-state index contributed by atoms with van der Waals surface area (Å²) in [6.45, 7) is 0. The number of carbonyl (C=O) groups is 1. The number of hydrogen-bond acceptors (Lipinski definition) is 3. The summed E-state index contributed by atoms with van der Waals surface area (Å²) in [6.07, 6.45) is 3.34. The van der Waals surface area contributed by atoms with Crippen LogP contribution in [0.5, 0.6) is 5.75 Å². The molecule has 0 spiro atoms. The van der Waals surface area contributed by atoms with Crippen LogP contribution >= 0.6 is 0 Å². The first-order valence-electron chi connectivity index (χ1n) is 5.11. The van der Waals surface area contributed by atoms with E-state index in [4.69, 9.17) is 10.5 Å². The van der Waals surface area contributed by atoms with E-state index in [1.54, 1.807) is 43.8 Å². The summed E-state index contributed by atoms with van der Waals surface area (Å²) < 4.78 is 5.26. The Hall–Kier alpha value is -2.36. The predicted molar refractivity (Wildman–Crippen MR) is 64.7 cm³/mol. The average molecular weight is 228 g/mol. The Labute approximate surface area is 99.1 Å². The zero-order chi connectivity index (χ0) is 12.3. The second kappa shape index (κ2) is 4.65. The van der Waals surface area contributed by atoms with Crippen molar-refractivity contribution < 1.29 is 9.53 Å². The molecule has 1 amide bonds. The first kappa shape index (κ1) is 11.1. The molecule has 0 atom stereocenters. The minimum atomic E-state index is -0.484. The summed E-state index contributed by atoms with van der Waals surface area (Å²) in [7, 11) is 1.56. The zero-order valence-electron chi connectivity index (χ0n) is 9.38. The molecule has 0 bridgehead atoms. The molecule has 2 N–H and O–H groups in total. The lowest BCUT2D eigenvalue weighted by Gasteiger charge is -2.11. The van der Waals surface area contributed by atoms with Crippen molar-refractivity contribution in [2.24, 2.45) is 5.73 Å². The van der Waals surface area contributed by atoms with Crippen LogP contribution in [-0.2, 0) is 0 Å². The van der Waals surface area contributed by atoms with Gasteiger partial charge in [0.2, 0.25) is 5.91 Å². The molecule has 1 aromatic heterocycles. The van der Waals surface area contributed by atoms with E-state index in [1.807, 2.05) is 6.07 Å². The highest BCUT2D eigenvalue weighted by molar-refractivity contribution is 6.01. The maximum atomic E-state index is 11.4. The molecule has 17 heavy (non-hydrogen) atoms. The maximum Gasteiger partial charge on any atom is 0.249 e. The number of amides is 1. The van der Waals surface area contributed by atoms with Crippen molar-refractivity contribution in [3.63, 3.8) is 0 Å². The summed E-state index contributed by atoms with van der Waals surface area (Å²) in [5.41, 5.74) is 7.27. The van der Waals surface area contributed by atoms with Gasteiger partial charge in [-0.1, -0.05) is 12.1 Å². The molecule has 86 valence electrons. The molecule has 0 radical (unpaired) electrons. The van der Waals surface area contributed by atoms with E-state index in [1.165, 1.54) is 0 Å². The Morgan fingerprint density at radius 3 is 2.71 bits per heavy atom. The Bertz CT molecular complexity index is 538. The Kier molecular flexibility index (Phi) is 3.05. The van der Waals surface area contributed by atoms with Crippen LogP contribution in [-0.4, -0.2) is 18.0 Å². The van der Waals surface area contributed by atoms with E-state index in [0.717, 1.165) is 5.56 Å². The van der Waals surface area contributed by atoms with Crippen LogP contribution in [0.2, 0.25) is 0 Å². The van der Waals surface area contributed by atoms with Gasteiger partial charge in [-0.25, -0.2) is 0 Å².